The molecular weight excluding hydrogens is 174 g/mol. The van der Waals surface area contributed by atoms with Crippen LogP contribution in [0, 0.1) is 0 Å². The van der Waals surface area contributed by atoms with Gasteiger partial charge in [-0.25, -0.2) is 0 Å². The number of pyridine rings is 1. The van der Waals surface area contributed by atoms with Crippen LogP contribution in [-0.4, -0.2) is 10.8 Å². The summed E-state index contributed by atoms with van der Waals surface area (Å²) in [6, 6.07) is 6.07. The summed E-state index contributed by atoms with van der Waals surface area (Å²) in [7, 11) is 0. The van der Waals surface area contributed by atoms with Gasteiger partial charge in [0.05, 0.1) is 0 Å². The van der Waals surface area contributed by atoms with E-state index in [4.69, 9.17) is 0 Å². The molecule has 1 heterocycles. The number of ketones is 1. The van der Waals surface area contributed by atoms with E-state index in [1.165, 1.54) is 5.56 Å². The molecule has 0 saturated carbocycles. The molecule has 2 heteroatoms. The molecule has 0 unspecified atom stereocenters. The molecule has 14 heavy (non-hydrogen) atoms. The molecule has 2 aromatic rings. The van der Waals surface area contributed by atoms with Crippen molar-refractivity contribution < 1.29 is 4.79 Å². The van der Waals surface area contributed by atoms with E-state index >= 15 is 0 Å². The number of rotatable bonds is 0. The fourth-order valence-corrected chi connectivity index (χ4v) is 2.12. The molecular formula is C12H9NO. The Labute approximate surface area is 81.6 Å². The minimum absolute atomic E-state index is 0.263. The number of carbonyl (C=O) groups excluding carboxylic acids is 1. The van der Waals surface area contributed by atoms with Crippen LogP contribution in [-0.2, 0) is 6.42 Å². The normalized spacial score (nSPS) is 14.7. The number of nitrogens with zero attached hydrogens (tertiary/aromatic N) is 1. The van der Waals surface area contributed by atoms with Crippen molar-refractivity contribution in [2.45, 2.75) is 12.8 Å². The first-order valence-electron chi connectivity index (χ1n) is 4.75. The Bertz CT molecular complexity index is 531. The number of Topliss-reactive ketones (excluding diaryl/α,β-unsaturated/α-hetero) is 1. The van der Waals surface area contributed by atoms with Crippen molar-refractivity contribution in [3.8, 4) is 0 Å². The van der Waals surface area contributed by atoms with Gasteiger partial charge in [-0.1, -0.05) is 12.1 Å². The smallest absolute Gasteiger partial charge is 0.164 e. The van der Waals surface area contributed by atoms with Crippen LogP contribution in [0.4, 0.5) is 0 Å². The first-order chi connectivity index (χ1) is 6.86. The van der Waals surface area contributed by atoms with Crippen molar-refractivity contribution >= 4 is 16.6 Å². The lowest BCUT2D eigenvalue weighted by Gasteiger charge is -2.02. The van der Waals surface area contributed by atoms with Crippen LogP contribution in [0.5, 0.6) is 0 Å². The predicted molar refractivity (Wildman–Crippen MR) is 54.4 cm³/mol. The standard InChI is InChI=1S/C12H9NO/c14-11-4-3-9-2-1-8-5-6-13-7-10(8)12(9)11/h1-2,5-7H,3-4H2. The van der Waals surface area contributed by atoms with Crippen LogP contribution in [0.2, 0.25) is 0 Å². The van der Waals surface area contributed by atoms with E-state index in [-0.39, 0.29) is 5.78 Å². The van der Waals surface area contributed by atoms with Gasteiger partial charge in [0, 0.05) is 29.8 Å². The third-order valence-corrected chi connectivity index (χ3v) is 2.81. The highest BCUT2D eigenvalue weighted by Gasteiger charge is 2.21. The lowest BCUT2D eigenvalue weighted by Crippen LogP contribution is -1.93. The third kappa shape index (κ3) is 0.909. The van der Waals surface area contributed by atoms with Gasteiger partial charge in [-0.15, -0.1) is 0 Å². The van der Waals surface area contributed by atoms with Crippen molar-refractivity contribution in [3.05, 3.63) is 41.7 Å². The maximum absolute atomic E-state index is 11.7. The number of fused-ring (bicyclic) bond motifs is 3. The highest BCUT2D eigenvalue weighted by molar-refractivity contribution is 6.11. The number of hydrogen-bond donors (Lipinski definition) is 0. The van der Waals surface area contributed by atoms with Gasteiger partial charge in [0.1, 0.15) is 0 Å². The number of aromatic nitrogens is 1. The first kappa shape index (κ1) is 7.68. The second-order valence-electron chi connectivity index (χ2n) is 3.62. The molecule has 0 N–H and O–H groups in total. The molecule has 1 aliphatic rings. The van der Waals surface area contributed by atoms with Crippen molar-refractivity contribution in [1.82, 2.24) is 4.98 Å². The zero-order valence-corrected chi connectivity index (χ0v) is 7.66. The van der Waals surface area contributed by atoms with Gasteiger partial charge < -0.3 is 0 Å². The van der Waals surface area contributed by atoms with Gasteiger partial charge in [-0.05, 0) is 23.4 Å². The first-order valence-corrected chi connectivity index (χ1v) is 4.75. The van der Waals surface area contributed by atoms with Crippen LogP contribution in [0.3, 0.4) is 0 Å². The van der Waals surface area contributed by atoms with E-state index in [2.05, 4.69) is 17.1 Å². The molecule has 2 nitrogen and oxygen atoms in total. The summed E-state index contributed by atoms with van der Waals surface area (Å²) in [6.07, 6.45) is 5.09. The van der Waals surface area contributed by atoms with Crippen molar-refractivity contribution in [3.63, 3.8) is 0 Å². The molecule has 1 aliphatic carbocycles. The van der Waals surface area contributed by atoms with E-state index in [0.717, 1.165) is 22.8 Å². The van der Waals surface area contributed by atoms with Gasteiger partial charge in [0.25, 0.3) is 0 Å². The highest BCUT2D eigenvalue weighted by atomic mass is 16.1. The zero-order chi connectivity index (χ0) is 9.54. The van der Waals surface area contributed by atoms with Gasteiger partial charge in [0.2, 0.25) is 0 Å². The topological polar surface area (TPSA) is 30.0 Å². The number of benzene rings is 1. The fraction of sp³-hybridized carbons (Fsp3) is 0.167. The lowest BCUT2D eigenvalue weighted by atomic mass is 10.0. The lowest BCUT2D eigenvalue weighted by molar-refractivity contribution is 0.0996. The Morgan fingerprint density at radius 2 is 2.07 bits per heavy atom. The minimum Gasteiger partial charge on any atom is -0.294 e. The summed E-state index contributed by atoms with van der Waals surface area (Å²) < 4.78 is 0. The molecule has 0 amide bonds. The minimum atomic E-state index is 0.263. The quantitative estimate of drug-likeness (QED) is 0.627. The van der Waals surface area contributed by atoms with Crippen molar-refractivity contribution in [2.24, 2.45) is 0 Å². The molecule has 0 bridgehead atoms. The molecule has 0 atom stereocenters. The molecule has 0 fully saturated rings. The second-order valence-corrected chi connectivity index (χ2v) is 3.62. The van der Waals surface area contributed by atoms with Crippen molar-refractivity contribution in [2.75, 3.05) is 0 Å². The Morgan fingerprint density at radius 3 is 3.00 bits per heavy atom. The molecule has 0 radical (unpaired) electrons. The second kappa shape index (κ2) is 2.64. The number of hydrogen-bond acceptors (Lipinski definition) is 2. The average molecular weight is 183 g/mol. The molecule has 3 rings (SSSR count). The summed E-state index contributed by atoms with van der Waals surface area (Å²) in [5, 5.41) is 2.11. The van der Waals surface area contributed by atoms with Crippen LogP contribution in [0.15, 0.2) is 30.6 Å². The summed E-state index contributed by atoms with van der Waals surface area (Å²) in [5.74, 6) is 0.263. The maximum Gasteiger partial charge on any atom is 0.164 e. The summed E-state index contributed by atoms with van der Waals surface area (Å²) in [6.45, 7) is 0. The molecule has 0 saturated heterocycles. The monoisotopic (exact) mass is 183 g/mol. The molecule has 1 aromatic heterocycles. The van der Waals surface area contributed by atoms with Crippen LogP contribution in [0.25, 0.3) is 10.8 Å². The van der Waals surface area contributed by atoms with Gasteiger partial charge in [0.15, 0.2) is 5.78 Å². The Hall–Kier alpha value is -1.70. The highest BCUT2D eigenvalue weighted by Crippen LogP contribution is 2.28. The Balaban J connectivity index is 2.47. The van der Waals surface area contributed by atoms with E-state index in [9.17, 15) is 4.79 Å². The summed E-state index contributed by atoms with van der Waals surface area (Å²) >= 11 is 0. The van der Waals surface area contributed by atoms with E-state index in [0.29, 0.717) is 6.42 Å². The van der Waals surface area contributed by atoms with E-state index in [1.807, 2.05) is 6.07 Å². The van der Waals surface area contributed by atoms with Gasteiger partial charge in [-0.3, -0.25) is 9.78 Å². The summed E-state index contributed by atoms with van der Waals surface area (Å²) in [4.78, 5) is 15.7. The Kier molecular flexibility index (Phi) is 1.45. The average Bonchev–Trinajstić information content (AvgIpc) is 2.61. The SMILES string of the molecule is O=C1CCc2ccc3ccncc3c21. The fourth-order valence-electron chi connectivity index (χ4n) is 2.12. The third-order valence-electron chi connectivity index (χ3n) is 2.81. The zero-order valence-electron chi connectivity index (χ0n) is 7.66. The van der Waals surface area contributed by atoms with E-state index < -0.39 is 0 Å². The number of aryl methyl sites for hydroxylation is 1. The van der Waals surface area contributed by atoms with E-state index in [1.54, 1.807) is 12.4 Å². The van der Waals surface area contributed by atoms with Gasteiger partial charge in [-0.2, -0.15) is 0 Å². The summed E-state index contributed by atoms with van der Waals surface area (Å²) in [5.41, 5.74) is 2.08. The predicted octanol–water partition coefficient (Wildman–Crippen LogP) is 2.36. The van der Waals surface area contributed by atoms with Crippen LogP contribution >= 0.6 is 0 Å². The van der Waals surface area contributed by atoms with Crippen LogP contribution in [0.1, 0.15) is 22.3 Å². The molecule has 1 aromatic carbocycles. The molecule has 0 spiro atoms. The van der Waals surface area contributed by atoms with Crippen LogP contribution < -0.4 is 0 Å². The van der Waals surface area contributed by atoms with Gasteiger partial charge >= 0.3 is 0 Å². The molecule has 68 valence electrons. The molecule has 0 aliphatic heterocycles. The maximum atomic E-state index is 11.7. The van der Waals surface area contributed by atoms with Crippen molar-refractivity contribution in [1.29, 1.82) is 0 Å². The Morgan fingerprint density at radius 1 is 1.14 bits per heavy atom. The number of carbonyl (C=O) groups is 1. The largest absolute Gasteiger partial charge is 0.294 e.